The number of nitrogens with zero attached hydrogens (tertiary/aromatic N) is 1. The van der Waals surface area contributed by atoms with E-state index in [1.54, 1.807) is 6.07 Å². The topological polar surface area (TPSA) is 96.2 Å². The number of aromatic hydroxyl groups is 2. The predicted molar refractivity (Wildman–Crippen MR) is 98.6 cm³/mol. The summed E-state index contributed by atoms with van der Waals surface area (Å²) in [6.45, 7) is 0.603. The van der Waals surface area contributed by atoms with Gasteiger partial charge in [0.2, 0.25) is 0 Å². The molecule has 0 aliphatic rings. The highest BCUT2D eigenvalue weighted by atomic mass is 32.1. The lowest BCUT2D eigenvalue weighted by molar-refractivity contribution is -0.884. The fourth-order valence-corrected chi connectivity index (χ4v) is 3.17. The molecule has 0 bridgehead atoms. The van der Waals surface area contributed by atoms with Gasteiger partial charge in [-0.2, -0.15) is 0 Å². The zero-order valence-corrected chi connectivity index (χ0v) is 16.2. The zero-order valence-electron chi connectivity index (χ0n) is 13.5. The lowest BCUT2D eigenvalue weighted by atomic mass is 10.1. The number of phosphoric acid groups is 1. The van der Waals surface area contributed by atoms with Crippen LogP contribution in [0.4, 0.5) is 0 Å². The molecule has 7 nitrogen and oxygen atoms in total. The number of hydrogen-bond acceptors (Lipinski definition) is 7. The molecule has 24 heavy (non-hydrogen) atoms. The molecule has 0 radical (unpaired) electrons. The van der Waals surface area contributed by atoms with Crippen molar-refractivity contribution < 1.29 is 33.2 Å². The first-order chi connectivity index (χ1) is 11.2. The molecule has 1 aromatic rings. The van der Waals surface area contributed by atoms with E-state index in [1.807, 2.05) is 7.05 Å². The van der Waals surface area contributed by atoms with E-state index in [1.165, 1.54) is 12.1 Å². The Balaban J connectivity index is 2.30. The highest BCUT2D eigenvalue weighted by Gasteiger charge is 2.24. The molecular weight excluding hydrogens is 373 g/mol. The normalized spacial score (nSPS) is 14.5. The summed E-state index contributed by atoms with van der Waals surface area (Å²) in [6.07, 6.45) is 1.00. The first-order valence-electron chi connectivity index (χ1n) is 7.39. The van der Waals surface area contributed by atoms with Crippen molar-refractivity contribution in [2.45, 2.75) is 12.8 Å². The molecular formula is C14H25NO6PS2+. The molecule has 1 unspecified atom stereocenters. The van der Waals surface area contributed by atoms with Gasteiger partial charge in [0, 0.05) is 0 Å². The van der Waals surface area contributed by atoms with Crippen molar-refractivity contribution >= 4 is 33.1 Å². The van der Waals surface area contributed by atoms with E-state index < -0.39 is 7.82 Å². The number of phenolic OH excluding ortho intramolecular Hbond substituents is 2. The quantitative estimate of drug-likeness (QED) is 0.0981. The molecule has 0 spiro atoms. The average Bonchev–Trinajstić information content (AvgIpc) is 2.54. The minimum atomic E-state index is -4.09. The second-order valence-corrected chi connectivity index (χ2v) is 7.71. The second kappa shape index (κ2) is 9.91. The van der Waals surface area contributed by atoms with Gasteiger partial charge in [0.25, 0.3) is 0 Å². The number of rotatable bonds is 11. The number of phenols is 2. The Labute approximate surface area is 153 Å². The minimum absolute atomic E-state index is 0.0423. The van der Waals surface area contributed by atoms with Crippen LogP contribution in [0.3, 0.4) is 0 Å². The third kappa shape index (κ3) is 7.65. The lowest BCUT2D eigenvalue weighted by Gasteiger charge is -2.30. The smallest absolute Gasteiger partial charge is 0.472 e. The Hall–Kier alpha value is -0.410. The largest absolute Gasteiger partial charge is 0.504 e. The van der Waals surface area contributed by atoms with Gasteiger partial charge in [-0.25, -0.2) is 4.57 Å². The Kier molecular flexibility index (Phi) is 8.94. The van der Waals surface area contributed by atoms with Crippen LogP contribution < -0.4 is 0 Å². The fraction of sp³-hybridized carbons (Fsp3) is 0.571. The van der Waals surface area contributed by atoms with Crippen molar-refractivity contribution in [3.63, 3.8) is 0 Å². The maximum Gasteiger partial charge on any atom is 0.472 e. The summed E-state index contributed by atoms with van der Waals surface area (Å²) in [5, 5.41) is 18.6. The maximum atomic E-state index is 11.8. The molecule has 3 N–H and O–H groups in total. The third-order valence-electron chi connectivity index (χ3n) is 3.47. The third-order valence-corrected chi connectivity index (χ3v) is 5.86. The molecule has 0 saturated heterocycles. The highest BCUT2D eigenvalue weighted by Crippen LogP contribution is 2.43. The summed E-state index contributed by atoms with van der Waals surface area (Å²) in [4.78, 5) is 9.63. The number of benzene rings is 1. The van der Waals surface area contributed by atoms with Crippen molar-refractivity contribution in [2.24, 2.45) is 0 Å². The SMILES string of the molecule is C[N+](CS)(CS)CCOP(=O)(O)OCCCc1ccc(O)c(O)c1. The van der Waals surface area contributed by atoms with Gasteiger partial charge in [-0.1, -0.05) is 6.07 Å². The Morgan fingerprint density at radius 2 is 1.75 bits per heavy atom. The van der Waals surface area contributed by atoms with Gasteiger partial charge in [0.15, 0.2) is 11.5 Å². The summed E-state index contributed by atoms with van der Waals surface area (Å²) in [6, 6.07) is 4.50. The van der Waals surface area contributed by atoms with Gasteiger partial charge >= 0.3 is 7.82 Å². The maximum absolute atomic E-state index is 11.8. The van der Waals surface area contributed by atoms with Gasteiger partial charge in [0.05, 0.1) is 13.7 Å². The standard InChI is InChI=1S/C14H24NO6PS2/c1-15(10-23,11-24)6-8-21-22(18,19)20-7-2-3-12-4-5-13(16)14(17)9-12/h4-5,9H,2-3,6-8,10-11H2,1H3,(H4-,16,17,18,19,23,24)/p+1. The summed E-state index contributed by atoms with van der Waals surface area (Å²) >= 11 is 8.43. The van der Waals surface area contributed by atoms with Gasteiger partial charge in [-0.15, -0.1) is 25.3 Å². The first-order valence-corrected chi connectivity index (χ1v) is 10.2. The predicted octanol–water partition coefficient (Wildman–Crippen LogP) is 2.39. The van der Waals surface area contributed by atoms with Crippen LogP contribution in [0, 0.1) is 0 Å². The molecule has 1 atom stereocenters. The van der Waals surface area contributed by atoms with E-state index in [9.17, 15) is 19.7 Å². The van der Waals surface area contributed by atoms with Gasteiger partial charge in [0.1, 0.15) is 24.9 Å². The van der Waals surface area contributed by atoms with E-state index in [0.29, 0.717) is 35.6 Å². The van der Waals surface area contributed by atoms with Crippen LogP contribution in [0.5, 0.6) is 11.5 Å². The van der Waals surface area contributed by atoms with Gasteiger partial charge in [-0.05, 0) is 30.5 Å². The Morgan fingerprint density at radius 3 is 2.33 bits per heavy atom. The monoisotopic (exact) mass is 398 g/mol. The number of likely N-dealkylation sites (N-methyl/N-ethyl adjacent to an activating group) is 1. The summed E-state index contributed by atoms with van der Waals surface area (Å²) in [5.41, 5.74) is 0.790. The van der Waals surface area contributed by atoms with E-state index in [-0.39, 0.29) is 24.7 Å². The van der Waals surface area contributed by atoms with E-state index in [4.69, 9.17) is 9.05 Å². The second-order valence-electron chi connectivity index (χ2n) is 5.69. The van der Waals surface area contributed by atoms with Gasteiger partial charge in [-0.3, -0.25) is 9.05 Å². The van der Waals surface area contributed by atoms with E-state index in [0.717, 1.165) is 5.56 Å². The number of quaternary nitrogens is 1. The van der Waals surface area contributed by atoms with Crippen molar-refractivity contribution in [3.05, 3.63) is 23.8 Å². The molecule has 0 aromatic heterocycles. The molecule has 138 valence electrons. The molecule has 0 aliphatic heterocycles. The summed E-state index contributed by atoms with van der Waals surface area (Å²) in [7, 11) is -2.17. The van der Waals surface area contributed by atoms with Crippen LogP contribution in [0.1, 0.15) is 12.0 Å². The molecule has 0 heterocycles. The summed E-state index contributed by atoms with van der Waals surface area (Å²) < 4.78 is 22.1. The lowest BCUT2D eigenvalue weighted by Crippen LogP contribution is -2.44. The van der Waals surface area contributed by atoms with E-state index >= 15 is 0 Å². The number of phosphoric ester groups is 1. The Morgan fingerprint density at radius 1 is 1.12 bits per heavy atom. The molecule has 1 rings (SSSR count). The average molecular weight is 398 g/mol. The molecule has 0 fully saturated rings. The van der Waals surface area contributed by atoms with Crippen molar-refractivity contribution in [1.82, 2.24) is 0 Å². The number of hydrogen-bond donors (Lipinski definition) is 5. The van der Waals surface area contributed by atoms with Crippen LogP contribution in [0.2, 0.25) is 0 Å². The van der Waals surface area contributed by atoms with Crippen LogP contribution in [0.25, 0.3) is 0 Å². The van der Waals surface area contributed by atoms with Crippen LogP contribution in [-0.2, 0) is 20.0 Å². The van der Waals surface area contributed by atoms with Crippen LogP contribution in [0.15, 0.2) is 18.2 Å². The van der Waals surface area contributed by atoms with Crippen molar-refractivity contribution in [1.29, 1.82) is 0 Å². The van der Waals surface area contributed by atoms with Crippen LogP contribution >= 0.6 is 33.1 Å². The zero-order chi connectivity index (χ0) is 18.2. The Bertz CT molecular complexity index is 570. The highest BCUT2D eigenvalue weighted by molar-refractivity contribution is 7.80. The fourth-order valence-electron chi connectivity index (χ4n) is 1.78. The van der Waals surface area contributed by atoms with Crippen molar-refractivity contribution in [3.8, 4) is 11.5 Å². The molecule has 0 saturated carbocycles. The van der Waals surface area contributed by atoms with Crippen LogP contribution in [-0.4, -0.2) is 58.1 Å². The molecule has 10 heteroatoms. The summed E-state index contributed by atoms with van der Waals surface area (Å²) in [5.74, 6) is 0.710. The van der Waals surface area contributed by atoms with Gasteiger partial charge < -0.3 is 19.6 Å². The minimum Gasteiger partial charge on any atom is -0.504 e. The number of thiol groups is 2. The molecule has 0 amide bonds. The van der Waals surface area contributed by atoms with Crippen molar-refractivity contribution in [2.75, 3.05) is 38.6 Å². The first kappa shape index (κ1) is 21.6. The molecule has 0 aliphatic carbocycles. The van der Waals surface area contributed by atoms with E-state index in [2.05, 4.69) is 25.3 Å². The number of aryl methyl sites for hydroxylation is 1. The molecule has 1 aromatic carbocycles.